The zero-order chi connectivity index (χ0) is 18.3. The first kappa shape index (κ1) is 19.5. The van der Waals surface area contributed by atoms with Crippen LogP contribution in [0.2, 0.25) is 0 Å². The quantitative estimate of drug-likeness (QED) is 0.562. The Labute approximate surface area is 148 Å². The molecule has 1 aromatic rings. The molecule has 25 heavy (non-hydrogen) atoms. The van der Waals surface area contributed by atoms with Crippen LogP contribution >= 0.6 is 0 Å². The lowest BCUT2D eigenvalue weighted by molar-refractivity contribution is 0.230. The molecule has 2 N–H and O–H groups in total. The molecule has 0 aromatic heterocycles. The van der Waals surface area contributed by atoms with E-state index in [1.165, 1.54) is 12.1 Å². The summed E-state index contributed by atoms with van der Waals surface area (Å²) in [5, 5.41) is 6.33. The van der Waals surface area contributed by atoms with Gasteiger partial charge in [0.15, 0.2) is 15.8 Å². The standard InChI is InChI=1S/C17H26FN3O3S/c1-3-19-17(21-11-14-8-9-25(22,23)12-14)20-10-13(2)24-16-6-4-15(18)5-7-16/h4-7,13-14H,3,8-12H2,1-2H3,(H2,19,20,21). The molecule has 0 amide bonds. The molecule has 1 aliphatic heterocycles. The van der Waals surface area contributed by atoms with Gasteiger partial charge in [-0.05, 0) is 50.5 Å². The SMILES string of the molecule is CCNC(=NCC(C)Oc1ccc(F)cc1)NCC1CCS(=O)(=O)C1. The largest absolute Gasteiger partial charge is 0.489 e. The highest BCUT2D eigenvalue weighted by atomic mass is 32.2. The summed E-state index contributed by atoms with van der Waals surface area (Å²) in [4.78, 5) is 4.47. The Morgan fingerprint density at radius 2 is 2.08 bits per heavy atom. The lowest BCUT2D eigenvalue weighted by atomic mass is 10.1. The van der Waals surface area contributed by atoms with Crippen molar-refractivity contribution in [1.82, 2.24) is 10.6 Å². The Bertz CT molecular complexity index is 677. The monoisotopic (exact) mass is 371 g/mol. The fraction of sp³-hybridized carbons (Fsp3) is 0.588. The summed E-state index contributed by atoms with van der Waals surface area (Å²) in [6.45, 7) is 5.57. The van der Waals surface area contributed by atoms with Gasteiger partial charge in [0.25, 0.3) is 0 Å². The second-order valence-electron chi connectivity index (χ2n) is 6.25. The number of nitrogens with zero attached hydrogens (tertiary/aromatic N) is 1. The van der Waals surface area contributed by atoms with Crippen molar-refractivity contribution in [3.8, 4) is 5.75 Å². The van der Waals surface area contributed by atoms with Crippen LogP contribution in [0.25, 0.3) is 0 Å². The third kappa shape index (κ3) is 6.89. The molecule has 0 aliphatic carbocycles. The minimum atomic E-state index is -2.87. The van der Waals surface area contributed by atoms with E-state index in [1.807, 2.05) is 13.8 Å². The summed E-state index contributed by atoms with van der Waals surface area (Å²) in [5.74, 6) is 1.57. The number of guanidine groups is 1. The molecule has 0 spiro atoms. The molecule has 1 fully saturated rings. The van der Waals surface area contributed by atoms with Gasteiger partial charge in [-0.3, -0.25) is 0 Å². The molecule has 2 unspecified atom stereocenters. The predicted molar refractivity (Wildman–Crippen MR) is 97.2 cm³/mol. The zero-order valence-corrected chi connectivity index (χ0v) is 15.5. The average Bonchev–Trinajstić information content (AvgIpc) is 2.91. The summed E-state index contributed by atoms with van der Waals surface area (Å²) in [7, 11) is -2.87. The minimum absolute atomic E-state index is 0.127. The van der Waals surface area contributed by atoms with Crippen molar-refractivity contribution in [3.63, 3.8) is 0 Å². The van der Waals surface area contributed by atoms with Gasteiger partial charge >= 0.3 is 0 Å². The van der Waals surface area contributed by atoms with Crippen molar-refractivity contribution in [2.75, 3.05) is 31.1 Å². The van der Waals surface area contributed by atoms with Crippen LogP contribution in [0.5, 0.6) is 5.75 Å². The highest BCUT2D eigenvalue weighted by Gasteiger charge is 2.27. The van der Waals surface area contributed by atoms with E-state index in [2.05, 4.69) is 15.6 Å². The van der Waals surface area contributed by atoms with Crippen LogP contribution in [-0.2, 0) is 9.84 Å². The van der Waals surface area contributed by atoms with E-state index < -0.39 is 9.84 Å². The zero-order valence-electron chi connectivity index (χ0n) is 14.7. The van der Waals surface area contributed by atoms with E-state index in [9.17, 15) is 12.8 Å². The van der Waals surface area contributed by atoms with Gasteiger partial charge in [-0.1, -0.05) is 0 Å². The third-order valence-corrected chi connectivity index (χ3v) is 5.72. The van der Waals surface area contributed by atoms with Crippen LogP contribution in [0.1, 0.15) is 20.3 Å². The van der Waals surface area contributed by atoms with Crippen molar-refractivity contribution in [3.05, 3.63) is 30.1 Å². The number of ether oxygens (including phenoxy) is 1. The van der Waals surface area contributed by atoms with Crippen LogP contribution in [0.4, 0.5) is 4.39 Å². The average molecular weight is 371 g/mol. The smallest absolute Gasteiger partial charge is 0.191 e. The Hall–Kier alpha value is -1.83. The molecular weight excluding hydrogens is 345 g/mol. The molecule has 140 valence electrons. The van der Waals surface area contributed by atoms with Crippen molar-refractivity contribution in [1.29, 1.82) is 0 Å². The summed E-state index contributed by atoms with van der Waals surface area (Å²) >= 11 is 0. The number of rotatable bonds is 7. The molecule has 0 bridgehead atoms. The first-order chi connectivity index (χ1) is 11.9. The van der Waals surface area contributed by atoms with E-state index in [4.69, 9.17) is 4.74 Å². The van der Waals surface area contributed by atoms with Gasteiger partial charge in [0, 0.05) is 13.1 Å². The van der Waals surface area contributed by atoms with Crippen LogP contribution in [0, 0.1) is 11.7 Å². The maximum atomic E-state index is 12.9. The summed E-state index contributed by atoms with van der Waals surface area (Å²) < 4.78 is 41.6. The topological polar surface area (TPSA) is 79.8 Å². The van der Waals surface area contributed by atoms with Gasteiger partial charge in [0.05, 0.1) is 18.1 Å². The molecule has 0 radical (unpaired) electrons. The van der Waals surface area contributed by atoms with Gasteiger partial charge in [-0.2, -0.15) is 0 Å². The molecule has 8 heteroatoms. The number of aliphatic imine (C=N–C) groups is 1. The van der Waals surface area contributed by atoms with Crippen LogP contribution in [0.3, 0.4) is 0 Å². The number of sulfone groups is 1. The number of hydrogen-bond acceptors (Lipinski definition) is 4. The van der Waals surface area contributed by atoms with Crippen molar-refractivity contribution in [2.45, 2.75) is 26.4 Å². The Kier molecular flexibility index (Phi) is 7.04. The molecular formula is C17H26FN3O3S. The molecule has 0 saturated carbocycles. The Morgan fingerprint density at radius 1 is 1.36 bits per heavy atom. The first-order valence-corrected chi connectivity index (χ1v) is 10.3. The van der Waals surface area contributed by atoms with Gasteiger partial charge in [0.2, 0.25) is 0 Å². The molecule has 1 aliphatic rings. The van der Waals surface area contributed by atoms with Crippen molar-refractivity contribution < 1.29 is 17.5 Å². The van der Waals surface area contributed by atoms with Gasteiger partial charge < -0.3 is 15.4 Å². The maximum absolute atomic E-state index is 12.9. The lowest BCUT2D eigenvalue weighted by Crippen LogP contribution is -2.40. The number of hydrogen-bond donors (Lipinski definition) is 2. The van der Waals surface area contributed by atoms with E-state index in [0.717, 1.165) is 0 Å². The Balaban J connectivity index is 1.82. The van der Waals surface area contributed by atoms with Gasteiger partial charge in [0.1, 0.15) is 17.7 Å². The van der Waals surface area contributed by atoms with E-state index in [0.29, 0.717) is 37.8 Å². The van der Waals surface area contributed by atoms with Crippen LogP contribution in [-0.4, -0.2) is 51.6 Å². The van der Waals surface area contributed by atoms with E-state index >= 15 is 0 Å². The van der Waals surface area contributed by atoms with E-state index in [-0.39, 0.29) is 29.3 Å². The number of halogens is 1. The number of benzene rings is 1. The molecule has 1 aromatic carbocycles. The normalized spacial score (nSPS) is 20.9. The maximum Gasteiger partial charge on any atom is 0.191 e. The summed E-state index contributed by atoms with van der Waals surface area (Å²) in [6, 6.07) is 5.87. The predicted octanol–water partition coefficient (Wildman–Crippen LogP) is 1.58. The summed E-state index contributed by atoms with van der Waals surface area (Å²) in [5.41, 5.74) is 0. The van der Waals surface area contributed by atoms with E-state index in [1.54, 1.807) is 12.1 Å². The molecule has 1 saturated heterocycles. The van der Waals surface area contributed by atoms with Crippen LogP contribution < -0.4 is 15.4 Å². The van der Waals surface area contributed by atoms with Crippen molar-refractivity contribution >= 4 is 15.8 Å². The second-order valence-corrected chi connectivity index (χ2v) is 8.48. The highest BCUT2D eigenvalue weighted by molar-refractivity contribution is 7.91. The molecule has 1 heterocycles. The fourth-order valence-electron chi connectivity index (χ4n) is 2.62. The molecule has 2 atom stereocenters. The molecule has 6 nitrogen and oxygen atoms in total. The minimum Gasteiger partial charge on any atom is -0.489 e. The molecule has 2 rings (SSSR count). The highest BCUT2D eigenvalue weighted by Crippen LogP contribution is 2.17. The fourth-order valence-corrected chi connectivity index (χ4v) is 4.48. The van der Waals surface area contributed by atoms with Gasteiger partial charge in [-0.15, -0.1) is 0 Å². The number of nitrogens with one attached hydrogen (secondary N) is 2. The third-order valence-electron chi connectivity index (χ3n) is 3.89. The first-order valence-electron chi connectivity index (χ1n) is 8.53. The second kappa shape index (κ2) is 9.03. The summed E-state index contributed by atoms with van der Waals surface area (Å²) in [6.07, 6.45) is 0.520. The Morgan fingerprint density at radius 3 is 2.68 bits per heavy atom. The lowest BCUT2D eigenvalue weighted by Gasteiger charge is -2.16. The van der Waals surface area contributed by atoms with Crippen LogP contribution in [0.15, 0.2) is 29.3 Å². The van der Waals surface area contributed by atoms with Crippen molar-refractivity contribution in [2.24, 2.45) is 10.9 Å². The van der Waals surface area contributed by atoms with Gasteiger partial charge in [-0.25, -0.2) is 17.8 Å².